The van der Waals surface area contributed by atoms with E-state index in [1.165, 1.54) is 12.5 Å². The molecule has 3 rings (SSSR count). The van der Waals surface area contributed by atoms with Gasteiger partial charge in [0.1, 0.15) is 0 Å². The van der Waals surface area contributed by atoms with Crippen molar-refractivity contribution in [1.82, 2.24) is 5.32 Å². The zero-order valence-electron chi connectivity index (χ0n) is 19.0. The topological polar surface area (TPSA) is 94.0 Å². The zero-order chi connectivity index (χ0) is 23.3. The Bertz CT molecular complexity index is 1030. The summed E-state index contributed by atoms with van der Waals surface area (Å²) < 4.78 is 0. The molecule has 2 amide bonds. The van der Waals surface area contributed by atoms with E-state index in [4.69, 9.17) is 0 Å². The van der Waals surface area contributed by atoms with Gasteiger partial charge in [0.05, 0.1) is 11.6 Å². The fraction of sp³-hybridized carbons (Fsp3) is 0.400. The predicted octanol–water partition coefficient (Wildman–Crippen LogP) is 4.95. The summed E-state index contributed by atoms with van der Waals surface area (Å²) in [6.07, 6.45) is 0.925. The van der Waals surface area contributed by atoms with Crippen LogP contribution in [0.1, 0.15) is 60.9 Å². The van der Waals surface area contributed by atoms with Crippen molar-refractivity contribution < 1.29 is 9.59 Å². The Morgan fingerprint density at radius 1 is 1.22 bits per heavy atom. The molecule has 6 nitrogen and oxygen atoms in total. The lowest BCUT2D eigenvalue weighted by Crippen LogP contribution is -2.47. The number of nitrogens with one attached hydrogen (secondary N) is 3. The normalized spacial score (nSPS) is 17.5. The number of amides is 2. The molecule has 168 valence electrons. The van der Waals surface area contributed by atoms with Crippen LogP contribution in [0.4, 0.5) is 11.4 Å². The molecule has 1 heterocycles. The van der Waals surface area contributed by atoms with Crippen LogP contribution in [-0.2, 0) is 4.79 Å². The third kappa shape index (κ3) is 5.63. The van der Waals surface area contributed by atoms with E-state index in [0.29, 0.717) is 28.6 Å². The molecule has 0 fully saturated rings. The summed E-state index contributed by atoms with van der Waals surface area (Å²) in [5, 5.41) is 19.0. The first-order valence-electron chi connectivity index (χ1n) is 10.8. The van der Waals surface area contributed by atoms with E-state index in [-0.39, 0.29) is 23.3 Å². The van der Waals surface area contributed by atoms with Crippen LogP contribution >= 0.6 is 11.8 Å². The van der Waals surface area contributed by atoms with Crippen LogP contribution in [0.15, 0.2) is 42.5 Å². The highest BCUT2D eigenvalue weighted by Crippen LogP contribution is 2.45. The Kier molecular flexibility index (Phi) is 7.47. The van der Waals surface area contributed by atoms with E-state index in [9.17, 15) is 14.9 Å². The molecule has 0 radical (unpaired) electrons. The summed E-state index contributed by atoms with van der Waals surface area (Å²) in [6, 6.07) is 15.1. The molecular weight excluding hydrogens is 420 g/mol. The van der Waals surface area contributed by atoms with E-state index in [1.54, 1.807) is 24.3 Å². The van der Waals surface area contributed by atoms with Crippen molar-refractivity contribution in [2.45, 2.75) is 45.4 Å². The first-order chi connectivity index (χ1) is 15.2. The van der Waals surface area contributed by atoms with Crippen molar-refractivity contribution in [3.8, 4) is 6.07 Å². The Morgan fingerprint density at radius 2 is 1.94 bits per heavy atom. The Labute approximate surface area is 194 Å². The molecule has 0 saturated heterocycles. The van der Waals surface area contributed by atoms with Crippen LogP contribution in [0.5, 0.6) is 0 Å². The van der Waals surface area contributed by atoms with Crippen molar-refractivity contribution in [3.63, 3.8) is 0 Å². The molecular formula is C25H30N4O2S. The highest BCUT2D eigenvalue weighted by Gasteiger charge is 2.36. The van der Waals surface area contributed by atoms with Gasteiger partial charge in [0.25, 0.3) is 5.91 Å². The lowest BCUT2D eigenvalue weighted by molar-refractivity contribution is -0.114. The molecule has 3 N–H and O–H groups in total. The summed E-state index contributed by atoms with van der Waals surface area (Å²) in [5.41, 5.74) is 3.97. The largest absolute Gasteiger partial charge is 0.381 e. The van der Waals surface area contributed by atoms with Gasteiger partial charge in [-0.05, 0) is 60.2 Å². The molecule has 32 heavy (non-hydrogen) atoms. The van der Waals surface area contributed by atoms with Gasteiger partial charge in [0, 0.05) is 47.1 Å². The number of thioether (sulfide) groups is 1. The first-order valence-corrected chi connectivity index (χ1v) is 11.9. The quantitative estimate of drug-likeness (QED) is 0.555. The second-order valence-electron chi connectivity index (χ2n) is 8.72. The molecule has 2 atom stereocenters. The number of rotatable bonds is 7. The molecule has 7 heteroatoms. The van der Waals surface area contributed by atoms with Gasteiger partial charge in [-0.2, -0.15) is 17.0 Å². The summed E-state index contributed by atoms with van der Waals surface area (Å²) in [7, 11) is 0. The summed E-state index contributed by atoms with van der Waals surface area (Å²) in [5.74, 6) is 0.717. The minimum Gasteiger partial charge on any atom is -0.381 e. The molecule has 2 aromatic rings. The van der Waals surface area contributed by atoms with Gasteiger partial charge in [0.15, 0.2) is 0 Å². The van der Waals surface area contributed by atoms with E-state index < -0.39 is 0 Å². The minimum atomic E-state index is -0.191. The number of hydrogen-bond donors (Lipinski definition) is 3. The molecule has 1 aliphatic rings. The molecule has 0 aromatic heterocycles. The van der Waals surface area contributed by atoms with E-state index >= 15 is 0 Å². The van der Waals surface area contributed by atoms with Gasteiger partial charge in [0.2, 0.25) is 5.91 Å². The van der Waals surface area contributed by atoms with Crippen LogP contribution in [0.25, 0.3) is 0 Å². The lowest BCUT2D eigenvalue weighted by atomic mass is 9.78. The number of fused-ring (bicyclic) bond motifs is 1. The van der Waals surface area contributed by atoms with E-state index in [2.05, 4.69) is 42.8 Å². The van der Waals surface area contributed by atoms with Crippen molar-refractivity contribution in [3.05, 3.63) is 59.2 Å². The maximum absolute atomic E-state index is 12.7. The van der Waals surface area contributed by atoms with Crippen LogP contribution in [0.2, 0.25) is 0 Å². The van der Waals surface area contributed by atoms with Crippen molar-refractivity contribution in [2.24, 2.45) is 5.41 Å². The van der Waals surface area contributed by atoms with Gasteiger partial charge in [-0.25, -0.2) is 0 Å². The first kappa shape index (κ1) is 23.7. The monoisotopic (exact) mass is 450 g/mol. The Balaban J connectivity index is 1.68. The van der Waals surface area contributed by atoms with Crippen molar-refractivity contribution in [2.75, 3.05) is 22.9 Å². The maximum Gasteiger partial charge on any atom is 0.251 e. The number of nitriles is 1. The van der Waals surface area contributed by atoms with Crippen LogP contribution < -0.4 is 16.0 Å². The second kappa shape index (κ2) is 10.1. The fourth-order valence-corrected chi connectivity index (χ4v) is 5.04. The molecule has 0 aliphatic carbocycles. The zero-order valence-corrected chi connectivity index (χ0v) is 19.8. The predicted molar refractivity (Wildman–Crippen MR) is 131 cm³/mol. The third-order valence-corrected chi connectivity index (χ3v) is 6.97. The van der Waals surface area contributed by atoms with Crippen molar-refractivity contribution >= 4 is 35.0 Å². The number of hydrogen-bond acceptors (Lipinski definition) is 5. The molecule has 0 saturated carbocycles. The van der Waals surface area contributed by atoms with Gasteiger partial charge in [-0.1, -0.05) is 20.8 Å². The van der Waals surface area contributed by atoms with Crippen LogP contribution in [0.3, 0.4) is 0 Å². The fourth-order valence-electron chi connectivity index (χ4n) is 3.93. The number of carbonyl (C=O) groups excluding carboxylic acids is 2. The highest BCUT2D eigenvalue weighted by molar-refractivity contribution is 7.99. The van der Waals surface area contributed by atoms with Crippen LogP contribution in [-0.4, -0.2) is 30.2 Å². The van der Waals surface area contributed by atoms with E-state index in [1.807, 2.05) is 30.0 Å². The lowest BCUT2D eigenvalue weighted by Gasteiger charge is -2.42. The standard InChI is InChI=1S/C25H30N4O2S/c1-5-32-22-13-23(29-21-11-6-17(14-26)12-20(21)22)25(3,4)15-27-24(31)18-7-9-19(10-8-18)28-16(2)30/h6-12,22-23,29H,5,13,15H2,1-4H3,(H,27,31)(H,28,30). The summed E-state index contributed by atoms with van der Waals surface area (Å²) >= 11 is 1.89. The SMILES string of the molecule is CCSC1CC(C(C)(C)CNC(=O)c2ccc(NC(C)=O)cc2)Nc2ccc(C#N)cc21. The average Bonchev–Trinajstić information content (AvgIpc) is 2.77. The molecule has 2 aromatic carbocycles. The summed E-state index contributed by atoms with van der Waals surface area (Å²) in [4.78, 5) is 23.8. The molecule has 2 unspecified atom stereocenters. The number of benzene rings is 2. The van der Waals surface area contributed by atoms with Gasteiger partial charge >= 0.3 is 0 Å². The Morgan fingerprint density at radius 3 is 2.56 bits per heavy atom. The second-order valence-corrected chi connectivity index (χ2v) is 10.2. The van der Waals surface area contributed by atoms with Gasteiger partial charge in [-0.3, -0.25) is 9.59 Å². The smallest absolute Gasteiger partial charge is 0.251 e. The molecule has 0 spiro atoms. The Hall–Kier alpha value is -2.98. The minimum absolute atomic E-state index is 0.137. The van der Waals surface area contributed by atoms with Crippen LogP contribution in [0, 0.1) is 16.7 Å². The van der Waals surface area contributed by atoms with E-state index in [0.717, 1.165) is 17.9 Å². The third-order valence-electron chi connectivity index (χ3n) is 5.79. The number of anilines is 2. The molecule has 0 bridgehead atoms. The highest BCUT2D eigenvalue weighted by atomic mass is 32.2. The average molecular weight is 451 g/mol. The number of nitrogens with zero attached hydrogens (tertiary/aromatic N) is 1. The van der Waals surface area contributed by atoms with Crippen molar-refractivity contribution in [1.29, 1.82) is 5.26 Å². The molecule has 1 aliphatic heterocycles. The van der Waals surface area contributed by atoms with Gasteiger partial charge < -0.3 is 16.0 Å². The number of carbonyl (C=O) groups is 2. The summed E-state index contributed by atoms with van der Waals surface area (Å²) in [6.45, 7) is 8.44. The van der Waals surface area contributed by atoms with Gasteiger partial charge in [-0.15, -0.1) is 0 Å². The maximum atomic E-state index is 12.7.